The molecule has 0 radical (unpaired) electrons. The minimum Gasteiger partial charge on any atom is -0.491 e. The summed E-state index contributed by atoms with van der Waals surface area (Å²) >= 11 is 0. The fourth-order valence-electron chi connectivity index (χ4n) is 4.40. The molecule has 0 aliphatic carbocycles. The number of halogens is 1. The van der Waals surface area contributed by atoms with Crippen molar-refractivity contribution < 1.29 is 28.1 Å². The highest BCUT2D eigenvalue weighted by Gasteiger charge is 2.44. The predicted octanol–water partition coefficient (Wildman–Crippen LogP) is 2.16. The zero-order valence-corrected chi connectivity index (χ0v) is 20.5. The van der Waals surface area contributed by atoms with Gasteiger partial charge in [-0.05, 0) is 36.4 Å². The largest absolute Gasteiger partial charge is 0.491 e. The number of piperazine rings is 1. The van der Waals surface area contributed by atoms with Gasteiger partial charge in [-0.3, -0.25) is 5.43 Å². The summed E-state index contributed by atoms with van der Waals surface area (Å²) in [6.45, 7) is 3.80. The molecule has 2 aromatic carbocycles. The third-order valence-electron chi connectivity index (χ3n) is 6.33. The second-order valence-corrected chi connectivity index (χ2v) is 8.79. The van der Waals surface area contributed by atoms with Crippen molar-refractivity contribution in [1.82, 2.24) is 25.2 Å². The van der Waals surface area contributed by atoms with Crippen molar-refractivity contribution in [2.75, 3.05) is 51.4 Å². The molecule has 0 spiro atoms. The van der Waals surface area contributed by atoms with Crippen molar-refractivity contribution in [2.45, 2.75) is 18.4 Å². The van der Waals surface area contributed by atoms with Crippen molar-refractivity contribution >= 4 is 11.8 Å². The maximum atomic E-state index is 13.5. The van der Waals surface area contributed by atoms with Gasteiger partial charge in [0.25, 0.3) is 0 Å². The van der Waals surface area contributed by atoms with Gasteiger partial charge >= 0.3 is 6.09 Å². The molecule has 2 fully saturated rings. The van der Waals surface area contributed by atoms with E-state index in [2.05, 4.69) is 25.1 Å². The number of anilines is 1. The molecule has 2 atom stereocenters. The second-order valence-electron chi connectivity index (χ2n) is 8.79. The molecule has 196 valence electrons. The van der Waals surface area contributed by atoms with Gasteiger partial charge in [0, 0.05) is 37.4 Å². The first kappa shape index (κ1) is 24.9. The highest BCUT2D eigenvalue weighted by atomic mass is 19.1. The summed E-state index contributed by atoms with van der Waals surface area (Å²) in [7, 11) is 1.35. The predicted molar refractivity (Wildman–Crippen MR) is 130 cm³/mol. The van der Waals surface area contributed by atoms with E-state index in [9.17, 15) is 9.18 Å². The van der Waals surface area contributed by atoms with Crippen LogP contribution in [0.4, 0.5) is 14.9 Å². The van der Waals surface area contributed by atoms with E-state index in [0.29, 0.717) is 31.0 Å². The summed E-state index contributed by atoms with van der Waals surface area (Å²) < 4.78 is 38.2. The van der Waals surface area contributed by atoms with Crippen molar-refractivity contribution in [2.24, 2.45) is 0 Å². The number of rotatable bonds is 8. The van der Waals surface area contributed by atoms with Gasteiger partial charge < -0.3 is 23.8 Å². The number of ether oxygens (including phenoxy) is 4. The Bertz CT molecular complexity index is 1160. The lowest BCUT2D eigenvalue weighted by molar-refractivity contribution is -0.190. The summed E-state index contributed by atoms with van der Waals surface area (Å²) in [5, 5.41) is 6.01. The standard InChI is InChI=1S/C25H29FN6O5/c1-34-24(33)29-31-12-10-30(11-13-31)21-6-8-22(9-7-21)35-14-23-15-36-25(37-23,16-32-18-27-17-28-32)19-2-4-20(26)5-3-19/h2-9,17-18,23H,10-16H2,1H3,(H,29,33)/t23-,25-/m1/s1. The van der Waals surface area contributed by atoms with Crippen LogP contribution in [0.5, 0.6) is 5.75 Å². The number of aromatic nitrogens is 3. The van der Waals surface area contributed by atoms with Crippen LogP contribution in [0, 0.1) is 5.82 Å². The molecule has 2 aliphatic rings. The maximum absolute atomic E-state index is 13.5. The molecule has 1 N–H and O–H groups in total. The summed E-state index contributed by atoms with van der Waals surface area (Å²) in [5.74, 6) is -0.737. The number of nitrogens with zero attached hydrogens (tertiary/aromatic N) is 5. The smallest absolute Gasteiger partial charge is 0.421 e. The van der Waals surface area contributed by atoms with Crippen LogP contribution in [-0.2, 0) is 26.5 Å². The molecular weight excluding hydrogens is 483 g/mol. The van der Waals surface area contributed by atoms with E-state index in [0.717, 1.165) is 18.8 Å². The number of carbonyl (C=O) groups is 1. The number of benzene rings is 2. The molecule has 3 heterocycles. The Labute approximate surface area is 213 Å². The van der Waals surface area contributed by atoms with Crippen molar-refractivity contribution in [1.29, 1.82) is 0 Å². The number of nitrogens with one attached hydrogen (secondary N) is 1. The van der Waals surface area contributed by atoms with E-state index < -0.39 is 11.9 Å². The van der Waals surface area contributed by atoms with Gasteiger partial charge in [-0.15, -0.1) is 0 Å². The van der Waals surface area contributed by atoms with Gasteiger partial charge in [-0.25, -0.2) is 23.9 Å². The Balaban J connectivity index is 1.16. The monoisotopic (exact) mass is 512 g/mol. The molecule has 0 saturated carbocycles. The van der Waals surface area contributed by atoms with E-state index in [1.165, 1.54) is 25.6 Å². The van der Waals surface area contributed by atoms with Gasteiger partial charge in [-0.1, -0.05) is 12.1 Å². The Morgan fingerprint density at radius 2 is 1.89 bits per heavy atom. The maximum Gasteiger partial charge on any atom is 0.421 e. The first-order chi connectivity index (χ1) is 18.0. The number of hydrazine groups is 1. The van der Waals surface area contributed by atoms with Crippen LogP contribution in [0.15, 0.2) is 61.2 Å². The van der Waals surface area contributed by atoms with Gasteiger partial charge in [0.05, 0.1) is 13.7 Å². The molecule has 5 rings (SSSR count). The van der Waals surface area contributed by atoms with Gasteiger partial charge in [0.1, 0.15) is 43.5 Å². The van der Waals surface area contributed by atoms with E-state index in [4.69, 9.17) is 14.2 Å². The SMILES string of the molecule is COC(=O)NN1CCN(c2ccc(OC[C@@H]3CO[C@@](Cn4cncn4)(c4ccc(F)cc4)O3)cc2)CC1. The average molecular weight is 513 g/mol. The Morgan fingerprint density at radius 1 is 1.14 bits per heavy atom. The number of amides is 1. The second kappa shape index (κ2) is 11.1. The zero-order chi connectivity index (χ0) is 25.7. The molecule has 2 aliphatic heterocycles. The summed E-state index contributed by atoms with van der Waals surface area (Å²) in [6, 6.07) is 13.9. The molecule has 3 aromatic rings. The topological polar surface area (TPSA) is 103 Å². The fraction of sp³-hybridized carbons (Fsp3) is 0.400. The van der Waals surface area contributed by atoms with Crippen LogP contribution < -0.4 is 15.1 Å². The molecule has 1 amide bonds. The third-order valence-corrected chi connectivity index (χ3v) is 6.33. The van der Waals surface area contributed by atoms with E-state index in [1.807, 2.05) is 29.3 Å². The molecule has 1 aromatic heterocycles. The number of methoxy groups -OCH3 is 1. The summed E-state index contributed by atoms with van der Waals surface area (Å²) in [6.07, 6.45) is 2.24. The summed E-state index contributed by atoms with van der Waals surface area (Å²) in [4.78, 5) is 17.6. The molecule has 2 saturated heterocycles. The molecule has 0 unspecified atom stereocenters. The minimum atomic E-state index is -1.12. The van der Waals surface area contributed by atoms with Crippen molar-refractivity contribution in [3.05, 3.63) is 72.6 Å². The van der Waals surface area contributed by atoms with Crippen LogP contribution >= 0.6 is 0 Å². The summed E-state index contributed by atoms with van der Waals surface area (Å²) in [5.41, 5.74) is 4.47. The van der Waals surface area contributed by atoms with Gasteiger partial charge in [0.2, 0.25) is 5.79 Å². The Morgan fingerprint density at radius 3 is 2.57 bits per heavy atom. The van der Waals surface area contributed by atoms with Crippen LogP contribution in [0.3, 0.4) is 0 Å². The highest BCUT2D eigenvalue weighted by Crippen LogP contribution is 2.36. The average Bonchev–Trinajstić information content (AvgIpc) is 3.59. The Kier molecular flexibility index (Phi) is 7.49. The van der Waals surface area contributed by atoms with Crippen LogP contribution in [0.25, 0.3) is 0 Å². The molecule has 37 heavy (non-hydrogen) atoms. The number of carbonyl (C=O) groups excluding carboxylic acids is 1. The van der Waals surface area contributed by atoms with E-state index in [-0.39, 0.29) is 25.1 Å². The Hall–Kier alpha value is -3.74. The zero-order valence-electron chi connectivity index (χ0n) is 20.5. The van der Waals surface area contributed by atoms with E-state index in [1.54, 1.807) is 23.1 Å². The van der Waals surface area contributed by atoms with Crippen LogP contribution in [0.2, 0.25) is 0 Å². The third kappa shape index (κ3) is 5.98. The lowest BCUT2D eigenvalue weighted by Gasteiger charge is -2.35. The van der Waals surface area contributed by atoms with Gasteiger partial charge in [0.15, 0.2) is 0 Å². The van der Waals surface area contributed by atoms with Crippen molar-refractivity contribution in [3.63, 3.8) is 0 Å². The van der Waals surface area contributed by atoms with Crippen molar-refractivity contribution in [3.8, 4) is 5.75 Å². The molecule has 11 nitrogen and oxygen atoms in total. The first-order valence-electron chi connectivity index (χ1n) is 12.0. The first-order valence-corrected chi connectivity index (χ1v) is 12.0. The lowest BCUT2D eigenvalue weighted by Crippen LogP contribution is -2.53. The van der Waals surface area contributed by atoms with E-state index >= 15 is 0 Å². The van der Waals surface area contributed by atoms with Gasteiger partial charge in [-0.2, -0.15) is 5.10 Å². The molecular formula is C25H29FN6O5. The number of hydrogen-bond donors (Lipinski definition) is 1. The highest BCUT2D eigenvalue weighted by molar-refractivity contribution is 5.66. The van der Waals surface area contributed by atoms with Crippen LogP contribution in [-0.4, -0.2) is 78.5 Å². The number of hydrogen-bond acceptors (Lipinski definition) is 9. The lowest BCUT2D eigenvalue weighted by atomic mass is 10.1. The molecule has 0 bridgehead atoms. The molecule has 12 heteroatoms. The quantitative estimate of drug-likeness (QED) is 0.486. The van der Waals surface area contributed by atoms with Crippen LogP contribution in [0.1, 0.15) is 5.56 Å². The minimum absolute atomic E-state index is 0.270. The fourth-order valence-corrected chi connectivity index (χ4v) is 4.40. The normalized spacial score (nSPS) is 22.1.